The van der Waals surface area contributed by atoms with E-state index in [2.05, 4.69) is 10.6 Å². The average Bonchev–Trinajstić information content (AvgIpc) is 3.01. The van der Waals surface area contributed by atoms with Gasteiger partial charge in [-0.25, -0.2) is 0 Å². The van der Waals surface area contributed by atoms with Crippen LogP contribution in [0.5, 0.6) is 0 Å². The first-order valence-corrected chi connectivity index (χ1v) is 9.33. The molecule has 7 N–H and O–H groups in total. The third kappa shape index (κ3) is 6.76. The Morgan fingerprint density at radius 3 is 2.22 bits per heavy atom. The molecule has 0 spiro atoms. The lowest BCUT2D eigenvalue weighted by Gasteiger charge is -2.36. The SMILES string of the molecule is CC(C)C[C@H](NC(=O)[C@@H]1CCCN1C(=O)[C@H](C)NC(=O)[C@H](C)N)[B-](O)(O)O. The van der Waals surface area contributed by atoms with Gasteiger partial charge in [0.05, 0.1) is 6.04 Å². The van der Waals surface area contributed by atoms with Crippen LogP contribution in [-0.2, 0) is 14.4 Å². The lowest BCUT2D eigenvalue weighted by atomic mass is 9.66. The molecule has 1 aliphatic heterocycles. The summed E-state index contributed by atoms with van der Waals surface area (Å²) in [5.74, 6) is -2.69. The maximum atomic E-state index is 12.6. The fourth-order valence-electron chi connectivity index (χ4n) is 3.10. The van der Waals surface area contributed by atoms with E-state index in [0.717, 1.165) is 0 Å². The number of nitrogens with two attached hydrogens (primary N) is 1. The smallest absolute Gasteiger partial charge is 0.393 e. The zero-order valence-corrected chi connectivity index (χ0v) is 16.4. The van der Waals surface area contributed by atoms with E-state index < -0.39 is 48.5 Å². The fraction of sp³-hybridized carbons (Fsp3) is 0.812. The normalized spacial score (nSPS) is 20.9. The lowest BCUT2D eigenvalue weighted by Crippen LogP contribution is -2.61. The Kier molecular flexibility index (Phi) is 8.21. The summed E-state index contributed by atoms with van der Waals surface area (Å²) in [5, 5.41) is 33.6. The summed E-state index contributed by atoms with van der Waals surface area (Å²) < 4.78 is 0. The molecule has 0 aromatic carbocycles. The fourth-order valence-corrected chi connectivity index (χ4v) is 3.10. The number of hydrogen-bond acceptors (Lipinski definition) is 7. The molecule has 156 valence electrons. The molecule has 4 atom stereocenters. The molecule has 27 heavy (non-hydrogen) atoms. The van der Waals surface area contributed by atoms with Gasteiger partial charge in [-0.15, -0.1) is 0 Å². The van der Waals surface area contributed by atoms with E-state index in [1.807, 2.05) is 13.8 Å². The molecule has 1 heterocycles. The van der Waals surface area contributed by atoms with Crippen molar-refractivity contribution in [1.82, 2.24) is 15.5 Å². The van der Waals surface area contributed by atoms with E-state index in [-0.39, 0.29) is 12.3 Å². The molecule has 0 bridgehead atoms. The molecule has 10 nitrogen and oxygen atoms in total. The van der Waals surface area contributed by atoms with Crippen LogP contribution in [0.25, 0.3) is 0 Å². The van der Waals surface area contributed by atoms with Crippen molar-refractivity contribution in [2.24, 2.45) is 11.7 Å². The predicted molar refractivity (Wildman–Crippen MR) is 99.8 cm³/mol. The highest BCUT2D eigenvalue weighted by Gasteiger charge is 2.39. The Balaban J connectivity index is 2.81. The third-order valence-corrected chi connectivity index (χ3v) is 4.57. The lowest BCUT2D eigenvalue weighted by molar-refractivity contribution is -0.141. The van der Waals surface area contributed by atoms with Crippen molar-refractivity contribution >= 4 is 24.5 Å². The molecule has 11 heteroatoms. The summed E-state index contributed by atoms with van der Waals surface area (Å²) >= 11 is 0. The first-order valence-electron chi connectivity index (χ1n) is 9.33. The van der Waals surface area contributed by atoms with Gasteiger partial charge < -0.3 is 36.3 Å². The van der Waals surface area contributed by atoms with Gasteiger partial charge in [0.2, 0.25) is 17.7 Å². The first-order chi connectivity index (χ1) is 12.3. The summed E-state index contributed by atoms with van der Waals surface area (Å²) in [6, 6.07) is -2.41. The zero-order chi connectivity index (χ0) is 20.9. The number of hydrogen-bond donors (Lipinski definition) is 6. The monoisotopic (exact) mass is 387 g/mol. The Labute approximate surface area is 159 Å². The molecule has 1 aliphatic rings. The van der Waals surface area contributed by atoms with E-state index in [0.29, 0.717) is 19.4 Å². The van der Waals surface area contributed by atoms with Crippen molar-refractivity contribution in [3.63, 3.8) is 0 Å². The Morgan fingerprint density at radius 2 is 1.74 bits per heavy atom. The van der Waals surface area contributed by atoms with Crippen LogP contribution in [0.1, 0.15) is 47.0 Å². The minimum atomic E-state index is -3.74. The van der Waals surface area contributed by atoms with Gasteiger partial charge in [-0.05, 0) is 38.5 Å². The van der Waals surface area contributed by atoms with Crippen molar-refractivity contribution in [2.45, 2.75) is 71.0 Å². The van der Waals surface area contributed by atoms with Gasteiger partial charge >= 0.3 is 6.75 Å². The molecule has 0 aromatic rings. The average molecular weight is 387 g/mol. The van der Waals surface area contributed by atoms with Crippen LogP contribution >= 0.6 is 0 Å². The van der Waals surface area contributed by atoms with Crippen LogP contribution in [0.2, 0.25) is 0 Å². The standard InChI is InChI=1S/C16H32BN4O6/c1-9(2)8-13(17(25,26)27)20-15(23)12-6-5-7-21(12)16(24)11(4)19-14(22)10(3)18/h9-13,25-27H,5-8,18H2,1-4H3,(H,19,22)(H,20,23)/q-1/t10-,11-,12-,13-/m0/s1. The van der Waals surface area contributed by atoms with Crippen molar-refractivity contribution in [3.05, 3.63) is 0 Å². The number of nitrogens with one attached hydrogen (secondary N) is 2. The third-order valence-electron chi connectivity index (χ3n) is 4.57. The van der Waals surface area contributed by atoms with E-state index in [4.69, 9.17) is 5.73 Å². The highest BCUT2D eigenvalue weighted by Crippen LogP contribution is 2.20. The number of carbonyl (C=O) groups excluding carboxylic acids is 3. The Hall–Kier alpha value is -1.69. The van der Waals surface area contributed by atoms with E-state index in [1.54, 1.807) is 0 Å². The van der Waals surface area contributed by atoms with Crippen LogP contribution in [0.4, 0.5) is 0 Å². The van der Waals surface area contributed by atoms with Gasteiger partial charge in [0.25, 0.3) is 0 Å². The van der Waals surface area contributed by atoms with Crippen LogP contribution < -0.4 is 16.4 Å². The maximum Gasteiger partial charge on any atom is 0.393 e. The summed E-state index contributed by atoms with van der Waals surface area (Å²) in [5.41, 5.74) is 5.48. The van der Waals surface area contributed by atoms with Crippen LogP contribution in [0.15, 0.2) is 0 Å². The van der Waals surface area contributed by atoms with Gasteiger partial charge in [0.1, 0.15) is 12.1 Å². The zero-order valence-electron chi connectivity index (χ0n) is 16.4. The largest absolute Gasteiger partial charge is 0.558 e. The van der Waals surface area contributed by atoms with E-state index in [9.17, 15) is 29.5 Å². The molecule has 3 amide bonds. The highest BCUT2D eigenvalue weighted by molar-refractivity contribution is 6.58. The second-order valence-electron chi connectivity index (χ2n) is 7.75. The van der Waals surface area contributed by atoms with Gasteiger partial charge in [-0.2, -0.15) is 0 Å². The summed E-state index contributed by atoms with van der Waals surface area (Å²) in [6.45, 7) is 3.25. The minimum absolute atomic E-state index is 0.00204. The molecule has 1 saturated heterocycles. The van der Waals surface area contributed by atoms with Crippen LogP contribution in [0.3, 0.4) is 0 Å². The summed E-state index contributed by atoms with van der Waals surface area (Å²) in [7, 11) is 0. The summed E-state index contributed by atoms with van der Waals surface area (Å²) in [6.07, 6.45) is 1.17. The topological polar surface area (TPSA) is 165 Å². The van der Waals surface area contributed by atoms with Gasteiger partial charge in [0, 0.05) is 6.54 Å². The van der Waals surface area contributed by atoms with Gasteiger partial charge in [-0.1, -0.05) is 20.3 Å². The number of likely N-dealkylation sites (tertiary alicyclic amines) is 1. The van der Waals surface area contributed by atoms with Crippen molar-refractivity contribution in [3.8, 4) is 0 Å². The van der Waals surface area contributed by atoms with Gasteiger partial charge in [-0.3, -0.25) is 14.4 Å². The number of nitrogens with zero attached hydrogens (tertiary/aromatic N) is 1. The molecule has 1 rings (SSSR count). The van der Waals surface area contributed by atoms with E-state index in [1.165, 1.54) is 18.7 Å². The molecule has 0 aromatic heterocycles. The van der Waals surface area contributed by atoms with Gasteiger partial charge in [0.15, 0.2) is 0 Å². The predicted octanol–water partition coefficient (Wildman–Crippen LogP) is -2.18. The number of carbonyl (C=O) groups is 3. The minimum Gasteiger partial charge on any atom is -0.558 e. The number of amides is 3. The Bertz CT molecular complexity index is 552. The highest BCUT2D eigenvalue weighted by atomic mass is 16.5. The maximum absolute atomic E-state index is 12.6. The number of rotatable bonds is 8. The summed E-state index contributed by atoms with van der Waals surface area (Å²) in [4.78, 5) is 38.3. The Morgan fingerprint density at radius 1 is 1.15 bits per heavy atom. The molecule has 0 unspecified atom stereocenters. The molecule has 0 aliphatic carbocycles. The molecular weight excluding hydrogens is 355 g/mol. The first kappa shape index (κ1) is 23.4. The molecule has 0 radical (unpaired) electrons. The van der Waals surface area contributed by atoms with Crippen LogP contribution in [-0.4, -0.2) is 75.1 Å². The van der Waals surface area contributed by atoms with Crippen LogP contribution in [0, 0.1) is 5.92 Å². The van der Waals surface area contributed by atoms with Crippen molar-refractivity contribution in [1.29, 1.82) is 0 Å². The van der Waals surface area contributed by atoms with Crippen molar-refractivity contribution < 1.29 is 29.5 Å². The molecular formula is C16H32BN4O6-. The second kappa shape index (κ2) is 9.49. The molecule has 1 fully saturated rings. The van der Waals surface area contributed by atoms with Crippen molar-refractivity contribution in [2.75, 3.05) is 6.54 Å². The second-order valence-corrected chi connectivity index (χ2v) is 7.75. The quantitative estimate of drug-likeness (QED) is 0.258. The van der Waals surface area contributed by atoms with E-state index >= 15 is 0 Å². The molecule has 0 saturated carbocycles.